The lowest BCUT2D eigenvalue weighted by molar-refractivity contribution is -0.173. The summed E-state index contributed by atoms with van der Waals surface area (Å²) in [5.41, 5.74) is 0.622. The summed E-state index contributed by atoms with van der Waals surface area (Å²) in [4.78, 5) is 12.4. The molecule has 2 aromatic rings. The molecule has 0 spiro atoms. The number of anilines is 1. The summed E-state index contributed by atoms with van der Waals surface area (Å²) in [7, 11) is 0. The summed E-state index contributed by atoms with van der Waals surface area (Å²) >= 11 is 5.88. The highest BCUT2D eigenvalue weighted by Gasteiger charge is 2.46. The summed E-state index contributed by atoms with van der Waals surface area (Å²) in [6, 6.07) is 5.59. The highest BCUT2D eigenvalue weighted by atomic mass is 35.5. The van der Waals surface area contributed by atoms with Crippen LogP contribution in [0.1, 0.15) is 47.4 Å². The molecule has 3 heterocycles. The maximum absolute atomic E-state index is 13.7. The lowest BCUT2D eigenvalue weighted by Gasteiger charge is -2.33. The maximum atomic E-state index is 13.7. The Morgan fingerprint density at radius 2 is 2.10 bits per heavy atom. The molecule has 10 heteroatoms. The van der Waals surface area contributed by atoms with Crippen LogP contribution in [0.2, 0.25) is 5.02 Å². The van der Waals surface area contributed by atoms with Crippen molar-refractivity contribution in [2.24, 2.45) is 0 Å². The molecule has 3 atom stereocenters. The van der Waals surface area contributed by atoms with Gasteiger partial charge in [0.05, 0.1) is 12.1 Å². The number of nitrogens with zero attached hydrogens (tertiary/aromatic N) is 2. The number of benzene rings is 1. The normalized spacial score (nSPS) is 24.1. The van der Waals surface area contributed by atoms with Crippen molar-refractivity contribution in [1.29, 1.82) is 0 Å². The molecule has 1 saturated heterocycles. The zero-order chi connectivity index (χ0) is 20.6. The second kappa shape index (κ2) is 7.87. The van der Waals surface area contributed by atoms with E-state index in [-0.39, 0.29) is 24.0 Å². The average Bonchev–Trinajstić information content (AvgIpc) is 3.34. The smallest absolute Gasteiger partial charge is 0.376 e. The number of rotatable bonds is 4. The Bertz CT molecular complexity index is 879. The van der Waals surface area contributed by atoms with Gasteiger partial charge < -0.3 is 15.4 Å². The first-order chi connectivity index (χ1) is 13.8. The van der Waals surface area contributed by atoms with Crippen LogP contribution in [0.3, 0.4) is 0 Å². The van der Waals surface area contributed by atoms with E-state index in [1.807, 2.05) is 0 Å². The van der Waals surface area contributed by atoms with Crippen LogP contribution >= 0.6 is 11.6 Å². The standard InChI is InChI=1S/C19H20ClF3N4O2/c20-12-5-3-11(4-6-12)14-8-16(19(21,22)23)27-17(25-14)9-15(26-27)18(28)24-10-13-2-1-7-29-13/h3-6,9,13-14,16,25H,1-2,7-8,10H2,(H,24,28). The fourth-order valence-electron chi connectivity index (χ4n) is 3.70. The summed E-state index contributed by atoms with van der Waals surface area (Å²) in [6.07, 6.45) is -3.02. The van der Waals surface area contributed by atoms with E-state index in [1.54, 1.807) is 24.3 Å². The van der Waals surface area contributed by atoms with Gasteiger partial charge in [0.2, 0.25) is 0 Å². The van der Waals surface area contributed by atoms with E-state index >= 15 is 0 Å². The van der Waals surface area contributed by atoms with Crippen LogP contribution in [0.25, 0.3) is 0 Å². The van der Waals surface area contributed by atoms with Crippen molar-refractivity contribution in [3.63, 3.8) is 0 Å². The average molecular weight is 429 g/mol. The van der Waals surface area contributed by atoms with Gasteiger partial charge in [0.1, 0.15) is 5.82 Å². The molecule has 2 N–H and O–H groups in total. The van der Waals surface area contributed by atoms with E-state index in [1.165, 1.54) is 6.07 Å². The van der Waals surface area contributed by atoms with E-state index in [9.17, 15) is 18.0 Å². The number of hydrogen-bond donors (Lipinski definition) is 2. The predicted molar refractivity (Wildman–Crippen MR) is 101 cm³/mol. The van der Waals surface area contributed by atoms with Gasteiger partial charge in [-0.25, -0.2) is 4.68 Å². The molecular weight excluding hydrogens is 409 g/mol. The Hall–Kier alpha value is -2.26. The molecule has 2 aliphatic heterocycles. The topological polar surface area (TPSA) is 68.2 Å². The van der Waals surface area contributed by atoms with Gasteiger partial charge in [0.25, 0.3) is 5.91 Å². The fraction of sp³-hybridized carbons (Fsp3) is 0.474. The van der Waals surface area contributed by atoms with Gasteiger partial charge in [0, 0.05) is 30.7 Å². The van der Waals surface area contributed by atoms with Gasteiger partial charge in [-0.2, -0.15) is 18.3 Å². The fourth-order valence-corrected chi connectivity index (χ4v) is 3.83. The van der Waals surface area contributed by atoms with E-state index in [0.717, 1.165) is 17.5 Å². The van der Waals surface area contributed by atoms with Crippen molar-refractivity contribution in [2.75, 3.05) is 18.5 Å². The van der Waals surface area contributed by atoms with Crippen molar-refractivity contribution in [3.05, 3.63) is 46.6 Å². The molecule has 1 aromatic heterocycles. The zero-order valence-electron chi connectivity index (χ0n) is 15.4. The third-order valence-electron chi connectivity index (χ3n) is 5.21. The van der Waals surface area contributed by atoms with E-state index < -0.39 is 24.2 Å². The Morgan fingerprint density at radius 3 is 2.76 bits per heavy atom. The summed E-state index contributed by atoms with van der Waals surface area (Å²) in [5.74, 6) is -0.367. The maximum Gasteiger partial charge on any atom is 0.410 e. The number of ether oxygens (including phenoxy) is 1. The number of amides is 1. The summed E-state index contributed by atoms with van der Waals surface area (Å²) < 4.78 is 47.4. The minimum absolute atomic E-state index is 0.0588. The molecule has 1 amide bonds. The number of nitrogens with one attached hydrogen (secondary N) is 2. The van der Waals surface area contributed by atoms with Crippen LogP contribution in [-0.2, 0) is 4.74 Å². The minimum Gasteiger partial charge on any atom is -0.376 e. The highest BCUT2D eigenvalue weighted by Crippen LogP contribution is 2.43. The molecule has 2 aliphatic rings. The van der Waals surface area contributed by atoms with E-state index in [0.29, 0.717) is 23.7 Å². The van der Waals surface area contributed by atoms with Crippen molar-refractivity contribution in [1.82, 2.24) is 15.1 Å². The number of fused-ring (bicyclic) bond motifs is 1. The molecule has 0 bridgehead atoms. The number of aromatic nitrogens is 2. The summed E-state index contributed by atoms with van der Waals surface area (Å²) in [6.45, 7) is 0.965. The molecule has 1 fully saturated rings. The van der Waals surface area contributed by atoms with Crippen LogP contribution < -0.4 is 10.6 Å². The molecule has 1 aromatic carbocycles. The Labute approximate surface area is 170 Å². The van der Waals surface area contributed by atoms with Gasteiger partial charge in [-0.15, -0.1) is 0 Å². The predicted octanol–water partition coefficient (Wildman–Crippen LogP) is 4.11. The Balaban J connectivity index is 1.56. The Morgan fingerprint density at radius 1 is 1.34 bits per heavy atom. The molecular formula is C19H20ClF3N4O2. The number of hydrogen-bond acceptors (Lipinski definition) is 4. The lowest BCUT2D eigenvalue weighted by Crippen LogP contribution is -2.36. The van der Waals surface area contributed by atoms with Crippen molar-refractivity contribution in [2.45, 2.75) is 43.6 Å². The molecule has 156 valence electrons. The summed E-state index contributed by atoms with van der Waals surface area (Å²) in [5, 5.41) is 10.2. The van der Waals surface area contributed by atoms with Gasteiger partial charge in [-0.3, -0.25) is 4.79 Å². The SMILES string of the molecule is O=C(NCC1CCCO1)c1cc2n(n1)C(C(F)(F)F)CC(c1ccc(Cl)cc1)N2. The lowest BCUT2D eigenvalue weighted by atomic mass is 9.97. The first kappa shape index (κ1) is 20.0. The van der Waals surface area contributed by atoms with Crippen molar-refractivity contribution in [3.8, 4) is 0 Å². The molecule has 6 nitrogen and oxygen atoms in total. The van der Waals surface area contributed by atoms with Gasteiger partial charge in [0.15, 0.2) is 11.7 Å². The van der Waals surface area contributed by atoms with Crippen LogP contribution in [0.5, 0.6) is 0 Å². The number of carbonyl (C=O) groups excluding carboxylic acids is 1. The van der Waals surface area contributed by atoms with Crippen LogP contribution in [0.15, 0.2) is 30.3 Å². The van der Waals surface area contributed by atoms with Crippen molar-refractivity contribution < 1.29 is 22.7 Å². The molecule has 0 radical (unpaired) electrons. The van der Waals surface area contributed by atoms with E-state index in [2.05, 4.69) is 15.7 Å². The second-order valence-electron chi connectivity index (χ2n) is 7.25. The largest absolute Gasteiger partial charge is 0.410 e. The third kappa shape index (κ3) is 4.35. The first-order valence-corrected chi connectivity index (χ1v) is 9.77. The molecule has 29 heavy (non-hydrogen) atoms. The zero-order valence-corrected chi connectivity index (χ0v) is 16.1. The first-order valence-electron chi connectivity index (χ1n) is 9.39. The number of carbonyl (C=O) groups is 1. The highest BCUT2D eigenvalue weighted by molar-refractivity contribution is 6.30. The minimum atomic E-state index is -4.50. The number of alkyl halides is 3. The second-order valence-corrected chi connectivity index (χ2v) is 7.68. The van der Waals surface area contributed by atoms with Crippen LogP contribution in [0, 0.1) is 0 Å². The van der Waals surface area contributed by atoms with E-state index in [4.69, 9.17) is 16.3 Å². The van der Waals surface area contributed by atoms with Gasteiger partial charge in [-0.1, -0.05) is 23.7 Å². The van der Waals surface area contributed by atoms with Crippen LogP contribution in [-0.4, -0.2) is 41.1 Å². The molecule has 3 unspecified atom stereocenters. The molecule has 0 aliphatic carbocycles. The Kier molecular flexibility index (Phi) is 5.44. The quantitative estimate of drug-likeness (QED) is 0.769. The number of halogens is 4. The third-order valence-corrected chi connectivity index (χ3v) is 5.46. The molecule has 0 saturated carbocycles. The van der Waals surface area contributed by atoms with Gasteiger partial charge in [-0.05, 0) is 30.5 Å². The van der Waals surface area contributed by atoms with Crippen molar-refractivity contribution >= 4 is 23.3 Å². The molecule has 4 rings (SSSR count). The van der Waals surface area contributed by atoms with Crippen LogP contribution in [0.4, 0.5) is 19.0 Å². The monoisotopic (exact) mass is 428 g/mol. The van der Waals surface area contributed by atoms with Gasteiger partial charge >= 0.3 is 6.18 Å².